The van der Waals surface area contributed by atoms with Gasteiger partial charge in [-0.05, 0) is 55.0 Å². The lowest BCUT2D eigenvalue weighted by Gasteiger charge is -2.19. The van der Waals surface area contributed by atoms with E-state index in [0.29, 0.717) is 22.5 Å². The Morgan fingerprint density at radius 2 is 2.03 bits per heavy atom. The van der Waals surface area contributed by atoms with Crippen molar-refractivity contribution in [3.8, 4) is 17.0 Å². The van der Waals surface area contributed by atoms with Gasteiger partial charge in [-0.25, -0.2) is 14.4 Å². The summed E-state index contributed by atoms with van der Waals surface area (Å²) in [6.45, 7) is 1.89. The van der Waals surface area contributed by atoms with Crippen molar-refractivity contribution in [1.29, 1.82) is 0 Å². The first kappa shape index (κ1) is 22.9. The summed E-state index contributed by atoms with van der Waals surface area (Å²) in [4.78, 5) is 36.9. The molecule has 1 aromatic carbocycles. The van der Waals surface area contributed by atoms with Crippen molar-refractivity contribution in [2.75, 3.05) is 13.7 Å². The van der Waals surface area contributed by atoms with Gasteiger partial charge in [-0.3, -0.25) is 9.59 Å². The number of halogens is 1. The highest BCUT2D eigenvalue weighted by atomic mass is 19.1. The quantitative estimate of drug-likeness (QED) is 0.380. The molecule has 0 spiro atoms. The maximum atomic E-state index is 14.3. The molecule has 0 unspecified atom stereocenters. The summed E-state index contributed by atoms with van der Waals surface area (Å²) in [6.07, 6.45) is 3.18. The topological polar surface area (TPSA) is 106 Å². The molecule has 0 fully saturated rings. The Balaban J connectivity index is 1.56. The molecule has 9 heteroatoms. The van der Waals surface area contributed by atoms with Gasteiger partial charge in [-0.15, -0.1) is 0 Å². The molecule has 0 saturated carbocycles. The van der Waals surface area contributed by atoms with E-state index >= 15 is 0 Å². The van der Waals surface area contributed by atoms with Gasteiger partial charge in [0.1, 0.15) is 5.69 Å². The van der Waals surface area contributed by atoms with Crippen LogP contribution in [0.15, 0.2) is 60.9 Å². The lowest BCUT2D eigenvalue weighted by atomic mass is 10.0. The van der Waals surface area contributed by atoms with Crippen molar-refractivity contribution >= 4 is 22.9 Å². The van der Waals surface area contributed by atoms with E-state index < -0.39 is 23.7 Å². The predicted octanol–water partition coefficient (Wildman–Crippen LogP) is 4.20. The minimum Gasteiger partial charge on any atom is -0.494 e. The number of aromatic nitrogens is 3. The largest absolute Gasteiger partial charge is 0.494 e. The van der Waals surface area contributed by atoms with E-state index in [0.717, 1.165) is 5.39 Å². The van der Waals surface area contributed by atoms with Gasteiger partial charge in [0.05, 0.1) is 31.9 Å². The van der Waals surface area contributed by atoms with Gasteiger partial charge in [0, 0.05) is 23.3 Å². The molecule has 3 heterocycles. The second-order valence-electron chi connectivity index (χ2n) is 7.48. The minimum absolute atomic E-state index is 0.0661. The van der Waals surface area contributed by atoms with Gasteiger partial charge in [-0.1, -0.05) is 6.07 Å². The zero-order chi connectivity index (χ0) is 24.1. The van der Waals surface area contributed by atoms with Crippen LogP contribution in [0.25, 0.3) is 22.3 Å². The Morgan fingerprint density at radius 3 is 2.79 bits per heavy atom. The van der Waals surface area contributed by atoms with E-state index in [4.69, 9.17) is 9.47 Å². The first-order valence-electron chi connectivity index (χ1n) is 10.7. The Bertz CT molecular complexity index is 1340. The average molecular weight is 462 g/mol. The standard InChI is InChI=1S/C25H23FN4O4/c1-3-34-23(31)13-20(16-7-9-22(33-2)18(26)11-16)30-25(32)21-12-17(14-28-21)19-8-6-15-5-4-10-27-24(15)29-19/h4-12,14,20,28H,3,13H2,1-2H3,(H,30,32)/t20-/m0/s1. The van der Waals surface area contributed by atoms with E-state index in [1.54, 1.807) is 31.5 Å². The predicted molar refractivity (Wildman–Crippen MR) is 124 cm³/mol. The Hall–Kier alpha value is -4.27. The first-order chi connectivity index (χ1) is 16.5. The van der Waals surface area contributed by atoms with Crippen LogP contribution in [0.3, 0.4) is 0 Å². The highest BCUT2D eigenvalue weighted by Gasteiger charge is 2.22. The Kier molecular flexibility index (Phi) is 6.82. The van der Waals surface area contributed by atoms with E-state index in [1.807, 2.05) is 24.3 Å². The summed E-state index contributed by atoms with van der Waals surface area (Å²) < 4.78 is 24.3. The molecule has 0 aliphatic heterocycles. The van der Waals surface area contributed by atoms with Crippen molar-refractivity contribution in [1.82, 2.24) is 20.3 Å². The van der Waals surface area contributed by atoms with E-state index in [2.05, 4.69) is 20.3 Å². The number of ether oxygens (including phenoxy) is 2. The first-order valence-corrected chi connectivity index (χ1v) is 10.7. The molecule has 34 heavy (non-hydrogen) atoms. The molecule has 0 aliphatic rings. The molecule has 1 amide bonds. The van der Waals surface area contributed by atoms with Crippen LogP contribution in [0.5, 0.6) is 5.75 Å². The number of carbonyl (C=O) groups excluding carboxylic acids is 2. The molecule has 1 atom stereocenters. The fourth-order valence-electron chi connectivity index (χ4n) is 3.56. The Labute approximate surface area is 195 Å². The van der Waals surface area contributed by atoms with Crippen LogP contribution in [0.2, 0.25) is 0 Å². The zero-order valence-corrected chi connectivity index (χ0v) is 18.7. The van der Waals surface area contributed by atoms with Crippen LogP contribution < -0.4 is 10.1 Å². The van der Waals surface area contributed by atoms with Gasteiger partial charge in [0.15, 0.2) is 17.2 Å². The second kappa shape index (κ2) is 10.1. The number of methoxy groups -OCH3 is 1. The minimum atomic E-state index is -0.804. The summed E-state index contributed by atoms with van der Waals surface area (Å²) in [6, 6.07) is 12.6. The number of amides is 1. The van der Waals surface area contributed by atoms with Crippen LogP contribution in [0.1, 0.15) is 35.4 Å². The highest BCUT2D eigenvalue weighted by molar-refractivity contribution is 5.94. The summed E-state index contributed by atoms with van der Waals surface area (Å²) in [5, 5.41) is 3.70. The second-order valence-corrected chi connectivity index (χ2v) is 7.48. The summed E-state index contributed by atoms with van der Waals surface area (Å²) >= 11 is 0. The molecule has 0 radical (unpaired) electrons. The van der Waals surface area contributed by atoms with Crippen LogP contribution in [0, 0.1) is 5.82 Å². The number of fused-ring (bicyclic) bond motifs is 1. The number of carbonyl (C=O) groups is 2. The highest BCUT2D eigenvalue weighted by Crippen LogP contribution is 2.25. The number of rotatable bonds is 8. The van der Waals surface area contributed by atoms with Crippen LogP contribution in [-0.4, -0.2) is 40.5 Å². The lowest BCUT2D eigenvalue weighted by molar-refractivity contribution is -0.143. The maximum absolute atomic E-state index is 14.3. The molecule has 8 nitrogen and oxygen atoms in total. The van der Waals surface area contributed by atoms with Gasteiger partial charge in [-0.2, -0.15) is 0 Å². The number of hydrogen-bond acceptors (Lipinski definition) is 6. The molecule has 3 aromatic heterocycles. The number of pyridine rings is 2. The number of benzene rings is 1. The number of H-pyrrole nitrogens is 1. The number of nitrogens with one attached hydrogen (secondary N) is 2. The lowest BCUT2D eigenvalue weighted by Crippen LogP contribution is -2.31. The third-order valence-corrected chi connectivity index (χ3v) is 5.25. The molecule has 4 rings (SSSR count). The number of esters is 1. The molecule has 0 saturated heterocycles. The molecule has 2 N–H and O–H groups in total. The molecule has 4 aromatic rings. The third-order valence-electron chi connectivity index (χ3n) is 5.25. The van der Waals surface area contributed by atoms with Crippen LogP contribution >= 0.6 is 0 Å². The number of nitrogens with zero attached hydrogens (tertiary/aromatic N) is 2. The maximum Gasteiger partial charge on any atom is 0.308 e. The fourth-order valence-corrected chi connectivity index (χ4v) is 3.56. The summed E-state index contributed by atoms with van der Waals surface area (Å²) in [5.74, 6) is -1.50. The normalized spacial score (nSPS) is 11.7. The summed E-state index contributed by atoms with van der Waals surface area (Å²) in [7, 11) is 1.36. The number of hydrogen-bond donors (Lipinski definition) is 2. The zero-order valence-electron chi connectivity index (χ0n) is 18.7. The van der Waals surface area contributed by atoms with E-state index in [-0.39, 0.29) is 24.5 Å². The van der Waals surface area contributed by atoms with Gasteiger partial charge in [0.25, 0.3) is 5.91 Å². The van der Waals surface area contributed by atoms with Crippen LogP contribution in [0.4, 0.5) is 4.39 Å². The molecule has 0 aliphatic carbocycles. The molecule has 174 valence electrons. The fraction of sp³-hybridized carbons (Fsp3) is 0.200. The van der Waals surface area contributed by atoms with Crippen molar-refractivity contribution < 1.29 is 23.5 Å². The van der Waals surface area contributed by atoms with Gasteiger partial charge in [0.2, 0.25) is 0 Å². The van der Waals surface area contributed by atoms with Crippen molar-refractivity contribution in [3.63, 3.8) is 0 Å². The molecular weight excluding hydrogens is 439 g/mol. The average Bonchev–Trinajstić information content (AvgIpc) is 3.34. The molecular formula is C25H23FN4O4. The Morgan fingerprint density at radius 1 is 1.18 bits per heavy atom. The SMILES string of the molecule is CCOC(=O)C[C@H](NC(=O)c1cc(-c2ccc3cccnc3n2)c[nH]1)c1ccc(OC)c(F)c1. The van der Waals surface area contributed by atoms with E-state index in [1.165, 1.54) is 19.2 Å². The van der Waals surface area contributed by atoms with E-state index in [9.17, 15) is 14.0 Å². The van der Waals surface area contributed by atoms with Gasteiger partial charge >= 0.3 is 5.97 Å². The van der Waals surface area contributed by atoms with Crippen molar-refractivity contribution in [2.45, 2.75) is 19.4 Å². The smallest absolute Gasteiger partial charge is 0.308 e. The monoisotopic (exact) mass is 462 g/mol. The van der Waals surface area contributed by atoms with Gasteiger partial charge < -0.3 is 19.8 Å². The summed E-state index contributed by atoms with van der Waals surface area (Å²) in [5.41, 5.74) is 2.63. The van der Waals surface area contributed by atoms with Crippen LogP contribution in [-0.2, 0) is 9.53 Å². The third kappa shape index (κ3) is 5.03. The van der Waals surface area contributed by atoms with Crippen molar-refractivity contribution in [3.05, 3.63) is 78.0 Å². The number of aromatic amines is 1. The molecule has 0 bridgehead atoms. The van der Waals surface area contributed by atoms with Crippen molar-refractivity contribution in [2.24, 2.45) is 0 Å².